The summed E-state index contributed by atoms with van der Waals surface area (Å²) in [6, 6.07) is 9.60. The summed E-state index contributed by atoms with van der Waals surface area (Å²) in [6.45, 7) is 0.346. The molecule has 3 rings (SSSR count). The minimum absolute atomic E-state index is 0.0997. The van der Waals surface area contributed by atoms with Crippen LogP contribution in [0.25, 0.3) is 0 Å². The lowest BCUT2D eigenvalue weighted by molar-refractivity contribution is -0.117. The van der Waals surface area contributed by atoms with E-state index in [0.717, 1.165) is 0 Å². The lowest BCUT2D eigenvalue weighted by Gasteiger charge is -2.18. The van der Waals surface area contributed by atoms with Gasteiger partial charge < -0.3 is 14.8 Å². The van der Waals surface area contributed by atoms with E-state index in [2.05, 4.69) is 5.32 Å². The zero-order valence-corrected chi connectivity index (χ0v) is 13.8. The van der Waals surface area contributed by atoms with E-state index >= 15 is 0 Å². The number of nitrogens with one attached hydrogen (secondary N) is 1. The van der Waals surface area contributed by atoms with E-state index in [9.17, 15) is 14.4 Å². The summed E-state index contributed by atoms with van der Waals surface area (Å²) in [5, 5.41) is 3.29. The van der Waals surface area contributed by atoms with Gasteiger partial charge in [-0.25, -0.2) is 0 Å². The molecule has 1 aromatic carbocycles. The van der Waals surface area contributed by atoms with Crippen molar-refractivity contribution in [2.24, 2.45) is 7.05 Å². The third kappa shape index (κ3) is 3.19. The first kappa shape index (κ1) is 16.3. The highest BCUT2D eigenvalue weighted by Crippen LogP contribution is 2.29. The van der Waals surface area contributed by atoms with Crippen molar-refractivity contribution in [2.75, 3.05) is 11.4 Å². The summed E-state index contributed by atoms with van der Waals surface area (Å²) in [7, 11) is 1.61. The number of halogens is 1. The van der Waals surface area contributed by atoms with E-state index in [-0.39, 0.29) is 35.4 Å². The van der Waals surface area contributed by atoms with Crippen LogP contribution in [0.1, 0.15) is 16.8 Å². The Kier molecular flexibility index (Phi) is 4.40. The Hall–Kier alpha value is -2.60. The Morgan fingerprint density at radius 2 is 2.00 bits per heavy atom. The zero-order valence-electron chi connectivity index (χ0n) is 13.0. The topological polar surface area (TPSA) is 71.4 Å². The number of benzene rings is 1. The largest absolute Gasteiger partial charge is 0.347 e. The quantitative estimate of drug-likeness (QED) is 0.918. The zero-order chi connectivity index (χ0) is 17.3. The second-order valence-corrected chi connectivity index (χ2v) is 6.10. The number of hydrogen-bond donors (Lipinski definition) is 1. The molecule has 1 fully saturated rings. The van der Waals surface area contributed by atoms with Crippen LogP contribution < -0.4 is 15.8 Å². The Labute approximate surface area is 143 Å². The Morgan fingerprint density at radius 1 is 1.25 bits per heavy atom. The molecule has 0 bridgehead atoms. The van der Waals surface area contributed by atoms with E-state index < -0.39 is 0 Å². The number of nitrogens with zero attached hydrogens (tertiary/aromatic N) is 2. The molecule has 2 aromatic rings. The molecular weight excluding hydrogens is 330 g/mol. The van der Waals surface area contributed by atoms with Crippen LogP contribution in [-0.2, 0) is 11.8 Å². The average Bonchev–Trinajstić information content (AvgIpc) is 2.90. The summed E-state index contributed by atoms with van der Waals surface area (Å²) < 4.78 is 1.38. The van der Waals surface area contributed by atoms with Crippen molar-refractivity contribution in [2.45, 2.75) is 12.5 Å². The van der Waals surface area contributed by atoms with E-state index in [1.165, 1.54) is 16.8 Å². The normalized spacial score (nSPS) is 17.2. The second-order valence-electron chi connectivity index (χ2n) is 5.69. The van der Waals surface area contributed by atoms with Gasteiger partial charge in [0, 0.05) is 37.8 Å². The number of pyridine rings is 1. The van der Waals surface area contributed by atoms with Gasteiger partial charge in [0.2, 0.25) is 5.91 Å². The molecule has 124 valence electrons. The molecular formula is C17H16ClN3O3. The third-order valence-electron chi connectivity index (χ3n) is 3.97. The maximum atomic E-state index is 12.3. The lowest BCUT2D eigenvalue weighted by Crippen LogP contribution is -2.37. The first-order chi connectivity index (χ1) is 11.5. The van der Waals surface area contributed by atoms with Crippen LogP contribution in [0, 0.1) is 0 Å². The number of aryl methyl sites for hydroxylation is 1. The molecule has 1 aromatic heterocycles. The molecule has 7 heteroatoms. The SMILES string of the molecule is Cn1ccc(C(=O)N[C@@H]2CC(=O)N(c3ccccc3Cl)C2)cc1=O. The summed E-state index contributed by atoms with van der Waals surface area (Å²) >= 11 is 6.13. The van der Waals surface area contributed by atoms with Gasteiger partial charge in [0.1, 0.15) is 0 Å². The van der Waals surface area contributed by atoms with Crippen LogP contribution in [0.15, 0.2) is 47.4 Å². The average molecular weight is 346 g/mol. The molecule has 1 N–H and O–H groups in total. The highest BCUT2D eigenvalue weighted by Gasteiger charge is 2.32. The van der Waals surface area contributed by atoms with Crippen molar-refractivity contribution in [1.29, 1.82) is 0 Å². The van der Waals surface area contributed by atoms with Crippen molar-refractivity contribution in [3.05, 3.63) is 63.5 Å². The molecule has 24 heavy (non-hydrogen) atoms. The van der Waals surface area contributed by atoms with Gasteiger partial charge in [-0.05, 0) is 18.2 Å². The lowest BCUT2D eigenvalue weighted by atomic mass is 10.2. The predicted molar refractivity (Wildman–Crippen MR) is 91.4 cm³/mol. The fourth-order valence-electron chi connectivity index (χ4n) is 2.67. The van der Waals surface area contributed by atoms with Gasteiger partial charge in [0.15, 0.2) is 0 Å². The summed E-state index contributed by atoms with van der Waals surface area (Å²) in [5.74, 6) is -0.469. The maximum Gasteiger partial charge on any atom is 0.251 e. The number of carbonyl (C=O) groups excluding carboxylic acids is 2. The number of rotatable bonds is 3. The molecule has 1 saturated heterocycles. The molecule has 0 saturated carbocycles. The van der Waals surface area contributed by atoms with Crippen LogP contribution in [-0.4, -0.2) is 29.0 Å². The highest BCUT2D eigenvalue weighted by molar-refractivity contribution is 6.33. The van der Waals surface area contributed by atoms with Gasteiger partial charge in [-0.2, -0.15) is 0 Å². The summed E-state index contributed by atoms with van der Waals surface area (Å²) in [4.78, 5) is 37.7. The molecule has 0 spiro atoms. The number of hydrogen-bond acceptors (Lipinski definition) is 3. The van der Waals surface area contributed by atoms with Crippen molar-refractivity contribution in [3.8, 4) is 0 Å². The minimum Gasteiger partial charge on any atom is -0.347 e. The first-order valence-corrected chi connectivity index (χ1v) is 7.86. The van der Waals surface area contributed by atoms with E-state index in [4.69, 9.17) is 11.6 Å². The number of amides is 2. The number of anilines is 1. The monoisotopic (exact) mass is 345 g/mol. The van der Waals surface area contributed by atoms with Crippen LogP contribution in [0.2, 0.25) is 5.02 Å². The maximum absolute atomic E-state index is 12.3. The molecule has 6 nitrogen and oxygen atoms in total. The fraction of sp³-hybridized carbons (Fsp3) is 0.235. The standard InChI is InChI=1S/C17H16ClN3O3/c1-20-7-6-11(8-15(20)22)17(24)19-12-9-16(23)21(10-12)14-5-3-2-4-13(14)18/h2-8,12H,9-10H2,1H3,(H,19,24)/t12-/m1/s1. The summed E-state index contributed by atoms with van der Waals surface area (Å²) in [5.41, 5.74) is 0.652. The number of carbonyl (C=O) groups is 2. The van der Waals surface area contributed by atoms with Crippen molar-refractivity contribution in [3.63, 3.8) is 0 Å². The van der Waals surface area contributed by atoms with Crippen molar-refractivity contribution < 1.29 is 9.59 Å². The van der Waals surface area contributed by atoms with E-state index in [0.29, 0.717) is 17.3 Å². The highest BCUT2D eigenvalue weighted by atomic mass is 35.5. The molecule has 2 amide bonds. The van der Waals surface area contributed by atoms with Crippen LogP contribution >= 0.6 is 11.6 Å². The van der Waals surface area contributed by atoms with Crippen LogP contribution in [0.3, 0.4) is 0 Å². The molecule has 0 aliphatic carbocycles. The van der Waals surface area contributed by atoms with Crippen LogP contribution in [0.4, 0.5) is 5.69 Å². The van der Waals surface area contributed by atoms with Crippen LogP contribution in [0.5, 0.6) is 0 Å². The third-order valence-corrected chi connectivity index (χ3v) is 4.29. The Balaban J connectivity index is 1.72. The molecule has 0 radical (unpaired) electrons. The second kappa shape index (κ2) is 6.49. The van der Waals surface area contributed by atoms with E-state index in [1.807, 2.05) is 0 Å². The smallest absolute Gasteiger partial charge is 0.251 e. The van der Waals surface area contributed by atoms with Gasteiger partial charge in [-0.15, -0.1) is 0 Å². The summed E-state index contributed by atoms with van der Waals surface area (Å²) in [6.07, 6.45) is 1.73. The van der Waals surface area contributed by atoms with Gasteiger partial charge in [-0.3, -0.25) is 14.4 Å². The Bertz CT molecular complexity index is 862. The molecule has 1 aliphatic rings. The minimum atomic E-state index is -0.369. The number of para-hydroxylation sites is 1. The van der Waals surface area contributed by atoms with Crippen molar-refractivity contribution >= 4 is 29.1 Å². The predicted octanol–water partition coefficient (Wildman–Crippen LogP) is 1.57. The van der Waals surface area contributed by atoms with E-state index in [1.54, 1.807) is 42.3 Å². The van der Waals surface area contributed by atoms with Gasteiger partial charge in [0.05, 0.1) is 16.8 Å². The van der Waals surface area contributed by atoms with Gasteiger partial charge in [0.25, 0.3) is 11.5 Å². The Morgan fingerprint density at radius 3 is 2.71 bits per heavy atom. The number of aromatic nitrogens is 1. The molecule has 1 aliphatic heterocycles. The van der Waals surface area contributed by atoms with Crippen molar-refractivity contribution in [1.82, 2.24) is 9.88 Å². The van der Waals surface area contributed by atoms with Gasteiger partial charge >= 0.3 is 0 Å². The van der Waals surface area contributed by atoms with Gasteiger partial charge in [-0.1, -0.05) is 23.7 Å². The molecule has 2 heterocycles. The first-order valence-electron chi connectivity index (χ1n) is 7.48. The molecule has 1 atom stereocenters. The molecule has 0 unspecified atom stereocenters. The fourth-order valence-corrected chi connectivity index (χ4v) is 2.90.